The molecule has 5 nitrogen and oxygen atoms in total. The molecule has 0 unspecified atom stereocenters. The third-order valence-corrected chi connectivity index (χ3v) is 2.14. The number of aliphatic carboxylic acids is 1. The fraction of sp³-hybridized carbons (Fsp3) is 0.182. The van der Waals surface area contributed by atoms with Crippen LogP contribution in [0.4, 0.5) is 0 Å². The van der Waals surface area contributed by atoms with Gasteiger partial charge < -0.3 is 5.11 Å². The Kier molecular flexibility index (Phi) is 2.95. The standard InChI is InChI=1S/C11H11N3O2/c15-11(16)5-4-9-7-14(8-13-9)10-3-1-2-6-12-10/h1-3,6-8H,4-5H2,(H,15,16). The number of hydrogen-bond donors (Lipinski definition) is 1. The number of carbonyl (C=O) groups is 1. The zero-order valence-corrected chi connectivity index (χ0v) is 8.58. The highest BCUT2D eigenvalue weighted by atomic mass is 16.4. The van der Waals surface area contributed by atoms with Crippen LogP contribution in [0.5, 0.6) is 0 Å². The van der Waals surface area contributed by atoms with Gasteiger partial charge in [-0.25, -0.2) is 9.97 Å². The molecular weight excluding hydrogens is 206 g/mol. The first kappa shape index (κ1) is 10.4. The Hall–Kier alpha value is -2.17. The smallest absolute Gasteiger partial charge is 0.303 e. The van der Waals surface area contributed by atoms with E-state index in [1.165, 1.54) is 0 Å². The molecule has 82 valence electrons. The summed E-state index contributed by atoms with van der Waals surface area (Å²) >= 11 is 0. The van der Waals surface area contributed by atoms with Gasteiger partial charge in [0.25, 0.3) is 0 Å². The van der Waals surface area contributed by atoms with Crippen LogP contribution >= 0.6 is 0 Å². The molecule has 0 radical (unpaired) electrons. The average Bonchev–Trinajstić information content (AvgIpc) is 2.76. The van der Waals surface area contributed by atoms with E-state index in [2.05, 4.69) is 9.97 Å². The van der Waals surface area contributed by atoms with Crippen molar-refractivity contribution < 1.29 is 9.90 Å². The number of nitrogens with zero attached hydrogens (tertiary/aromatic N) is 3. The number of rotatable bonds is 4. The van der Waals surface area contributed by atoms with E-state index in [0.29, 0.717) is 6.42 Å². The predicted molar refractivity (Wildman–Crippen MR) is 57.3 cm³/mol. The van der Waals surface area contributed by atoms with Crippen LogP contribution in [0.1, 0.15) is 12.1 Å². The lowest BCUT2D eigenvalue weighted by molar-refractivity contribution is -0.136. The summed E-state index contributed by atoms with van der Waals surface area (Å²) < 4.78 is 1.77. The van der Waals surface area contributed by atoms with Gasteiger partial charge in [0.05, 0.1) is 12.1 Å². The van der Waals surface area contributed by atoms with Crippen LogP contribution in [0.25, 0.3) is 5.82 Å². The summed E-state index contributed by atoms with van der Waals surface area (Å²) in [6.45, 7) is 0. The Morgan fingerprint density at radius 3 is 2.94 bits per heavy atom. The summed E-state index contributed by atoms with van der Waals surface area (Å²) in [6, 6.07) is 5.59. The Labute approximate surface area is 92.4 Å². The fourth-order valence-electron chi connectivity index (χ4n) is 1.36. The van der Waals surface area contributed by atoms with E-state index >= 15 is 0 Å². The number of hydrogen-bond acceptors (Lipinski definition) is 3. The monoisotopic (exact) mass is 217 g/mol. The van der Waals surface area contributed by atoms with Crippen LogP contribution in [0.2, 0.25) is 0 Å². The Morgan fingerprint density at radius 1 is 1.38 bits per heavy atom. The molecule has 0 aliphatic heterocycles. The topological polar surface area (TPSA) is 68.0 Å². The Morgan fingerprint density at radius 2 is 2.25 bits per heavy atom. The zero-order valence-electron chi connectivity index (χ0n) is 8.58. The normalized spacial score (nSPS) is 10.2. The molecule has 1 N–H and O–H groups in total. The van der Waals surface area contributed by atoms with Crippen molar-refractivity contribution in [2.24, 2.45) is 0 Å². The molecule has 0 saturated heterocycles. The molecule has 0 aromatic carbocycles. The van der Waals surface area contributed by atoms with Crippen molar-refractivity contribution >= 4 is 5.97 Å². The molecule has 0 bridgehead atoms. The first-order chi connectivity index (χ1) is 7.75. The van der Waals surface area contributed by atoms with Gasteiger partial charge in [0.15, 0.2) is 0 Å². The molecule has 0 fully saturated rings. The van der Waals surface area contributed by atoms with Crippen molar-refractivity contribution in [1.29, 1.82) is 0 Å². The number of pyridine rings is 1. The quantitative estimate of drug-likeness (QED) is 0.837. The van der Waals surface area contributed by atoms with Gasteiger partial charge in [-0.3, -0.25) is 9.36 Å². The summed E-state index contributed by atoms with van der Waals surface area (Å²) in [5.74, 6) is -0.0380. The minimum Gasteiger partial charge on any atom is -0.481 e. The largest absolute Gasteiger partial charge is 0.481 e. The number of aryl methyl sites for hydroxylation is 1. The van der Waals surface area contributed by atoms with Crippen LogP contribution < -0.4 is 0 Å². The molecule has 0 saturated carbocycles. The van der Waals surface area contributed by atoms with Crippen LogP contribution in [0, 0.1) is 0 Å². The van der Waals surface area contributed by atoms with Crippen molar-refractivity contribution in [2.75, 3.05) is 0 Å². The minimum atomic E-state index is -0.813. The van der Waals surface area contributed by atoms with Crippen LogP contribution in [-0.4, -0.2) is 25.6 Å². The van der Waals surface area contributed by atoms with Gasteiger partial charge in [-0.1, -0.05) is 6.07 Å². The molecule has 0 spiro atoms. The lowest BCUT2D eigenvalue weighted by Crippen LogP contribution is -1.97. The molecular formula is C11H11N3O2. The molecule has 16 heavy (non-hydrogen) atoms. The maximum Gasteiger partial charge on any atom is 0.303 e. The molecule has 2 aromatic rings. The first-order valence-electron chi connectivity index (χ1n) is 4.92. The minimum absolute atomic E-state index is 0.0965. The molecule has 2 heterocycles. The van der Waals surface area contributed by atoms with Crippen molar-refractivity contribution in [3.8, 4) is 5.82 Å². The molecule has 0 atom stereocenters. The first-order valence-corrected chi connectivity index (χ1v) is 4.92. The van der Waals surface area contributed by atoms with Crippen LogP contribution in [-0.2, 0) is 11.2 Å². The maximum absolute atomic E-state index is 10.4. The van der Waals surface area contributed by atoms with E-state index in [9.17, 15) is 4.79 Å². The van der Waals surface area contributed by atoms with Gasteiger partial charge in [-0.2, -0.15) is 0 Å². The lowest BCUT2D eigenvalue weighted by atomic mass is 10.2. The highest BCUT2D eigenvalue weighted by Gasteiger charge is 2.03. The molecule has 2 rings (SSSR count). The summed E-state index contributed by atoms with van der Waals surface area (Å²) in [5.41, 5.74) is 0.757. The van der Waals surface area contributed by atoms with E-state index in [-0.39, 0.29) is 6.42 Å². The van der Waals surface area contributed by atoms with Gasteiger partial charge in [0, 0.05) is 18.8 Å². The summed E-state index contributed by atoms with van der Waals surface area (Å²) in [5, 5.41) is 8.55. The predicted octanol–water partition coefficient (Wildman–Crippen LogP) is 1.28. The zero-order chi connectivity index (χ0) is 11.4. The van der Waals surface area contributed by atoms with E-state index in [0.717, 1.165) is 11.5 Å². The van der Waals surface area contributed by atoms with Crippen molar-refractivity contribution in [3.05, 3.63) is 42.6 Å². The van der Waals surface area contributed by atoms with Crippen LogP contribution in [0.15, 0.2) is 36.9 Å². The second-order valence-corrected chi connectivity index (χ2v) is 3.35. The van der Waals surface area contributed by atoms with Gasteiger partial charge in [0.1, 0.15) is 12.1 Å². The van der Waals surface area contributed by atoms with Gasteiger partial charge >= 0.3 is 5.97 Å². The van der Waals surface area contributed by atoms with Gasteiger partial charge in [-0.15, -0.1) is 0 Å². The fourth-order valence-corrected chi connectivity index (χ4v) is 1.36. The molecule has 0 aliphatic carbocycles. The van der Waals surface area contributed by atoms with Gasteiger partial charge in [0.2, 0.25) is 0 Å². The van der Waals surface area contributed by atoms with Gasteiger partial charge in [-0.05, 0) is 12.1 Å². The van der Waals surface area contributed by atoms with Crippen molar-refractivity contribution in [2.45, 2.75) is 12.8 Å². The second kappa shape index (κ2) is 4.57. The molecule has 0 aliphatic rings. The van der Waals surface area contributed by atoms with E-state index in [1.54, 1.807) is 23.3 Å². The van der Waals surface area contributed by atoms with Crippen molar-refractivity contribution in [1.82, 2.24) is 14.5 Å². The number of carboxylic acid groups (broad SMARTS) is 1. The Bertz CT molecular complexity index is 479. The third-order valence-electron chi connectivity index (χ3n) is 2.14. The van der Waals surface area contributed by atoms with E-state index in [1.807, 2.05) is 18.2 Å². The molecule has 2 aromatic heterocycles. The summed E-state index contributed by atoms with van der Waals surface area (Å²) in [7, 11) is 0. The van der Waals surface area contributed by atoms with Crippen molar-refractivity contribution in [3.63, 3.8) is 0 Å². The number of imidazole rings is 1. The summed E-state index contributed by atoms with van der Waals surface area (Å²) in [6.07, 6.45) is 5.67. The molecule has 5 heteroatoms. The average molecular weight is 217 g/mol. The SMILES string of the molecule is O=C(O)CCc1cn(-c2ccccn2)cn1. The third kappa shape index (κ3) is 2.44. The maximum atomic E-state index is 10.4. The second-order valence-electron chi connectivity index (χ2n) is 3.35. The summed E-state index contributed by atoms with van der Waals surface area (Å²) in [4.78, 5) is 18.7. The number of aromatic nitrogens is 3. The van der Waals surface area contributed by atoms with E-state index < -0.39 is 5.97 Å². The molecule has 0 amide bonds. The lowest BCUT2D eigenvalue weighted by Gasteiger charge is -1.98. The highest BCUT2D eigenvalue weighted by Crippen LogP contribution is 2.06. The number of carboxylic acids is 1. The van der Waals surface area contributed by atoms with E-state index in [4.69, 9.17) is 5.11 Å². The Balaban J connectivity index is 2.11. The highest BCUT2D eigenvalue weighted by molar-refractivity contribution is 5.66. The van der Waals surface area contributed by atoms with Crippen LogP contribution in [0.3, 0.4) is 0 Å².